The summed E-state index contributed by atoms with van der Waals surface area (Å²) >= 11 is 1.99. The van der Waals surface area contributed by atoms with Gasteiger partial charge in [0.2, 0.25) is 0 Å². The standard InChI is InChI=1S/C14H20N2O2S/c1-9-3-2-6-16-12(9)11(14(17)18)15-13(16)10-4-7-19-8-5-10/h9-10H,2-8H2,1H3,(H,17,18). The Hall–Kier alpha value is -0.970. The molecule has 1 aromatic rings. The Balaban J connectivity index is 2.04. The maximum absolute atomic E-state index is 11.4. The number of nitrogens with zero attached hydrogens (tertiary/aromatic N) is 2. The Bertz CT molecular complexity index is 492. The minimum Gasteiger partial charge on any atom is -0.476 e. The second-order valence-electron chi connectivity index (χ2n) is 5.59. The maximum Gasteiger partial charge on any atom is 0.356 e. The molecular formula is C14H20N2O2S. The number of hydrogen-bond acceptors (Lipinski definition) is 3. The Labute approximate surface area is 117 Å². The first-order valence-electron chi connectivity index (χ1n) is 7.10. The van der Waals surface area contributed by atoms with Gasteiger partial charge in [-0.1, -0.05) is 6.92 Å². The van der Waals surface area contributed by atoms with E-state index in [2.05, 4.69) is 16.5 Å². The molecule has 0 aliphatic carbocycles. The molecule has 19 heavy (non-hydrogen) atoms. The first kappa shape index (κ1) is 13.0. The van der Waals surface area contributed by atoms with Crippen LogP contribution in [0.1, 0.15) is 66.4 Å². The predicted molar refractivity (Wildman–Crippen MR) is 76.1 cm³/mol. The summed E-state index contributed by atoms with van der Waals surface area (Å²) in [4.78, 5) is 16.0. The Morgan fingerprint density at radius 2 is 2.11 bits per heavy atom. The minimum absolute atomic E-state index is 0.306. The zero-order valence-electron chi connectivity index (χ0n) is 11.3. The van der Waals surface area contributed by atoms with Crippen LogP contribution in [0.25, 0.3) is 0 Å². The average molecular weight is 280 g/mol. The molecule has 0 saturated carbocycles. The summed E-state index contributed by atoms with van der Waals surface area (Å²) in [6, 6.07) is 0. The lowest BCUT2D eigenvalue weighted by Gasteiger charge is -2.26. The molecule has 1 unspecified atom stereocenters. The minimum atomic E-state index is -0.867. The van der Waals surface area contributed by atoms with Crippen molar-refractivity contribution in [3.8, 4) is 0 Å². The molecule has 0 amide bonds. The van der Waals surface area contributed by atoms with Crippen molar-refractivity contribution in [1.82, 2.24) is 9.55 Å². The number of carboxylic acids is 1. The van der Waals surface area contributed by atoms with Gasteiger partial charge >= 0.3 is 5.97 Å². The third-order valence-corrected chi connectivity index (χ3v) is 5.36. The fraction of sp³-hybridized carbons (Fsp3) is 0.714. The van der Waals surface area contributed by atoms with E-state index < -0.39 is 5.97 Å². The largest absolute Gasteiger partial charge is 0.476 e. The summed E-state index contributed by atoms with van der Waals surface area (Å²) in [6.45, 7) is 3.07. The van der Waals surface area contributed by atoms with E-state index in [9.17, 15) is 9.90 Å². The van der Waals surface area contributed by atoms with Crippen LogP contribution >= 0.6 is 11.8 Å². The summed E-state index contributed by atoms with van der Waals surface area (Å²) in [7, 11) is 0. The summed E-state index contributed by atoms with van der Waals surface area (Å²) in [5.74, 6) is 3.29. The number of imidazole rings is 1. The van der Waals surface area contributed by atoms with E-state index in [-0.39, 0.29) is 0 Å². The van der Waals surface area contributed by atoms with Gasteiger partial charge in [-0.3, -0.25) is 0 Å². The van der Waals surface area contributed by atoms with Crippen LogP contribution in [-0.4, -0.2) is 32.1 Å². The highest BCUT2D eigenvalue weighted by atomic mass is 32.2. The molecular weight excluding hydrogens is 260 g/mol. The van der Waals surface area contributed by atoms with Crippen LogP contribution in [0.15, 0.2) is 0 Å². The zero-order valence-corrected chi connectivity index (χ0v) is 12.1. The highest BCUT2D eigenvalue weighted by molar-refractivity contribution is 7.99. The smallest absolute Gasteiger partial charge is 0.356 e. The zero-order chi connectivity index (χ0) is 13.4. The summed E-state index contributed by atoms with van der Waals surface area (Å²) in [6.07, 6.45) is 4.48. The second kappa shape index (κ2) is 5.19. The van der Waals surface area contributed by atoms with Crippen LogP contribution < -0.4 is 0 Å². The Kier molecular flexibility index (Phi) is 3.56. The lowest BCUT2D eigenvalue weighted by atomic mass is 9.95. The molecule has 2 aliphatic rings. The molecule has 1 N–H and O–H groups in total. The molecule has 0 bridgehead atoms. The predicted octanol–water partition coefficient (Wildman–Crippen LogP) is 3.09. The monoisotopic (exact) mass is 280 g/mol. The van der Waals surface area contributed by atoms with Crippen molar-refractivity contribution in [3.05, 3.63) is 17.2 Å². The van der Waals surface area contributed by atoms with Crippen molar-refractivity contribution in [2.24, 2.45) is 0 Å². The van der Waals surface area contributed by atoms with Gasteiger partial charge in [-0.25, -0.2) is 9.78 Å². The van der Waals surface area contributed by atoms with Crippen LogP contribution in [0.4, 0.5) is 0 Å². The number of hydrogen-bond donors (Lipinski definition) is 1. The number of rotatable bonds is 2. The van der Waals surface area contributed by atoms with E-state index in [0.29, 0.717) is 17.5 Å². The topological polar surface area (TPSA) is 55.1 Å². The lowest BCUT2D eigenvalue weighted by Crippen LogP contribution is -2.20. The van der Waals surface area contributed by atoms with Gasteiger partial charge < -0.3 is 9.67 Å². The van der Waals surface area contributed by atoms with Gasteiger partial charge in [0.1, 0.15) is 5.82 Å². The quantitative estimate of drug-likeness (QED) is 0.904. The van der Waals surface area contributed by atoms with Crippen molar-refractivity contribution >= 4 is 17.7 Å². The first-order chi connectivity index (χ1) is 9.18. The SMILES string of the molecule is CC1CCCn2c(C3CCSCC3)nc(C(=O)O)c21. The van der Waals surface area contributed by atoms with Gasteiger partial charge in [0.25, 0.3) is 0 Å². The normalized spacial score (nSPS) is 24.2. The van der Waals surface area contributed by atoms with Crippen LogP contribution in [0.5, 0.6) is 0 Å². The van der Waals surface area contributed by atoms with Gasteiger partial charge in [0.15, 0.2) is 5.69 Å². The fourth-order valence-corrected chi connectivity index (χ4v) is 4.44. The molecule has 0 radical (unpaired) electrons. The molecule has 0 spiro atoms. The summed E-state index contributed by atoms with van der Waals surface area (Å²) in [5.41, 5.74) is 1.27. The number of aromatic nitrogens is 2. The molecule has 2 aliphatic heterocycles. The number of carbonyl (C=O) groups is 1. The number of fused-ring (bicyclic) bond motifs is 1. The molecule has 1 saturated heterocycles. The molecule has 4 nitrogen and oxygen atoms in total. The van der Waals surface area contributed by atoms with E-state index in [1.165, 1.54) is 11.5 Å². The van der Waals surface area contributed by atoms with Gasteiger partial charge in [0.05, 0.1) is 5.69 Å². The van der Waals surface area contributed by atoms with E-state index in [0.717, 1.165) is 43.7 Å². The molecule has 3 rings (SSSR count). The van der Waals surface area contributed by atoms with Crippen molar-refractivity contribution in [2.75, 3.05) is 11.5 Å². The number of thioether (sulfide) groups is 1. The molecule has 5 heteroatoms. The van der Waals surface area contributed by atoms with Gasteiger partial charge in [0, 0.05) is 12.5 Å². The molecule has 1 atom stereocenters. The van der Waals surface area contributed by atoms with Crippen molar-refractivity contribution in [2.45, 2.75) is 51.0 Å². The number of aromatic carboxylic acids is 1. The van der Waals surface area contributed by atoms with Crippen molar-refractivity contribution < 1.29 is 9.90 Å². The number of carboxylic acid groups (broad SMARTS) is 1. The third kappa shape index (κ3) is 2.29. The van der Waals surface area contributed by atoms with Crippen LogP contribution in [-0.2, 0) is 6.54 Å². The highest BCUT2D eigenvalue weighted by Crippen LogP contribution is 2.37. The van der Waals surface area contributed by atoms with Crippen molar-refractivity contribution in [3.63, 3.8) is 0 Å². The van der Waals surface area contributed by atoms with Crippen LogP contribution in [0.2, 0.25) is 0 Å². The maximum atomic E-state index is 11.4. The van der Waals surface area contributed by atoms with E-state index >= 15 is 0 Å². The highest BCUT2D eigenvalue weighted by Gasteiger charge is 2.31. The van der Waals surface area contributed by atoms with E-state index in [4.69, 9.17) is 0 Å². The molecule has 1 fully saturated rings. The third-order valence-electron chi connectivity index (χ3n) is 4.31. The second-order valence-corrected chi connectivity index (χ2v) is 6.82. The van der Waals surface area contributed by atoms with Crippen LogP contribution in [0.3, 0.4) is 0 Å². The molecule has 3 heterocycles. The van der Waals surface area contributed by atoms with E-state index in [1.807, 2.05) is 11.8 Å². The van der Waals surface area contributed by atoms with E-state index in [1.54, 1.807) is 0 Å². The van der Waals surface area contributed by atoms with Gasteiger partial charge in [-0.15, -0.1) is 0 Å². The molecule has 104 valence electrons. The summed E-state index contributed by atoms with van der Waals surface area (Å²) < 4.78 is 2.22. The van der Waals surface area contributed by atoms with Gasteiger partial charge in [-0.05, 0) is 43.1 Å². The average Bonchev–Trinajstić information content (AvgIpc) is 2.81. The first-order valence-corrected chi connectivity index (χ1v) is 8.25. The lowest BCUT2D eigenvalue weighted by molar-refractivity contribution is 0.0688. The fourth-order valence-electron chi connectivity index (χ4n) is 3.33. The van der Waals surface area contributed by atoms with Crippen LogP contribution in [0, 0.1) is 0 Å². The summed E-state index contributed by atoms with van der Waals surface area (Å²) in [5, 5.41) is 9.39. The Morgan fingerprint density at radius 3 is 2.79 bits per heavy atom. The van der Waals surface area contributed by atoms with Gasteiger partial charge in [-0.2, -0.15) is 11.8 Å². The molecule has 0 aromatic carbocycles. The van der Waals surface area contributed by atoms with Crippen molar-refractivity contribution in [1.29, 1.82) is 0 Å². The Morgan fingerprint density at radius 1 is 1.37 bits per heavy atom. The molecule has 1 aromatic heterocycles.